The van der Waals surface area contributed by atoms with Crippen LogP contribution < -0.4 is 10.6 Å². The number of anilines is 2. The maximum Gasteiger partial charge on any atom is 0.323 e. The molecule has 0 aliphatic rings. The van der Waals surface area contributed by atoms with E-state index in [-0.39, 0.29) is 16.5 Å². The second kappa shape index (κ2) is 6.56. The van der Waals surface area contributed by atoms with E-state index in [1.54, 1.807) is 31.2 Å². The van der Waals surface area contributed by atoms with Crippen LogP contribution in [0, 0.1) is 18.3 Å². The Morgan fingerprint density at radius 3 is 2.45 bits per heavy atom. The highest BCUT2D eigenvalue weighted by atomic mass is 35.5. The molecule has 2 aromatic carbocycles. The first kappa shape index (κ1) is 16.0. The summed E-state index contributed by atoms with van der Waals surface area (Å²) in [6.45, 7) is 1.66. The zero-order valence-electron chi connectivity index (χ0n) is 11.4. The summed E-state index contributed by atoms with van der Waals surface area (Å²) < 4.78 is 0. The topological polar surface area (TPSA) is 85.2 Å². The van der Waals surface area contributed by atoms with Crippen molar-refractivity contribution >= 4 is 40.6 Å². The van der Waals surface area contributed by atoms with Gasteiger partial charge in [0.1, 0.15) is 0 Å². The number of amides is 2. The van der Waals surface area contributed by atoms with Crippen LogP contribution in [0.15, 0.2) is 30.3 Å². The third kappa shape index (κ3) is 3.42. The zero-order valence-corrected chi connectivity index (χ0v) is 13.0. The van der Waals surface area contributed by atoms with Crippen molar-refractivity contribution in [3.8, 4) is 11.8 Å². The first-order chi connectivity index (χ1) is 10.4. The van der Waals surface area contributed by atoms with E-state index in [1.165, 1.54) is 6.07 Å². The molecule has 2 rings (SSSR count). The number of benzene rings is 2. The minimum Gasteiger partial charge on any atom is -0.504 e. The number of nitriles is 1. The summed E-state index contributed by atoms with van der Waals surface area (Å²) in [6.07, 6.45) is 0. The fourth-order valence-corrected chi connectivity index (χ4v) is 2.17. The lowest BCUT2D eigenvalue weighted by Gasteiger charge is -2.12. The number of rotatable bonds is 2. The number of phenolic OH excluding ortho intramolecular Hbond substituents is 1. The molecule has 0 saturated carbocycles. The molecule has 5 nitrogen and oxygen atoms in total. The van der Waals surface area contributed by atoms with E-state index in [4.69, 9.17) is 28.5 Å². The van der Waals surface area contributed by atoms with Gasteiger partial charge in [-0.05, 0) is 42.8 Å². The Morgan fingerprint density at radius 1 is 1.23 bits per heavy atom. The molecular weight excluding hydrogens is 325 g/mol. The second-order valence-electron chi connectivity index (χ2n) is 4.46. The highest BCUT2D eigenvalue weighted by Crippen LogP contribution is 2.38. The number of hydrogen-bond donors (Lipinski definition) is 3. The van der Waals surface area contributed by atoms with Gasteiger partial charge in [-0.1, -0.05) is 23.2 Å². The van der Waals surface area contributed by atoms with Gasteiger partial charge in [-0.3, -0.25) is 0 Å². The Balaban J connectivity index is 2.14. The van der Waals surface area contributed by atoms with Crippen molar-refractivity contribution in [3.63, 3.8) is 0 Å². The molecule has 0 radical (unpaired) electrons. The molecule has 0 aromatic heterocycles. The first-order valence-corrected chi connectivity index (χ1v) is 6.93. The lowest BCUT2D eigenvalue weighted by atomic mass is 10.2. The van der Waals surface area contributed by atoms with Crippen LogP contribution in [0.25, 0.3) is 0 Å². The molecule has 2 amide bonds. The van der Waals surface area contributed by atoms with Crippen molar-refractivity contribution in [2.45, 2.75) is 6.92 Å². The maximum atomic E-state index is 11.9. The predicted molar refractivity (Wildman–Crippen MR) is 86.7 cm³/mol. The SMILES string of the molecule is Cc1c(Cl)cc(NC(=O)Nc2ccc(C#N)cc2)c(O)c1Cl. The summed E-state index contributed by atoms with van der Waals surface area (Å²) in [6, 6.07) is 9.15. The Bertz CT molecular complexity index is 768. The van der Waals surface area contributed by atoms with E-state index in [9.17, 15) is 9.90 Å². The van der Waals surface area contributed by atoms with Gasteiger partial charge in [0, 0.05) is 10.7 Å². The van der Waals surface area contributed by atoms with Crippen molar-refractivity contribution in [2.24, 2.45) is 0 Å². The molecule has 0 heterocycles. The monoisotopic (exact) mass is 335 g/mol. The molecule has 0 atom stereocenters. The third-order valence-corrected chi connectivity index (χ3v) is 3.80. The van der Waals surface area contributed by atoms with Gasteiger partial charge in [-0.25, -0.2) is 4.79 Å². The molecule has 0 aliphatic heterocycles. The molecule has 0 unspecified atom stereocenters. The van der Waals surface area contributed by atoms with Crippen LogP contribution in [0.1, 0.15) is 11.1 Å². The average Bonchev–Trinajstić information content (AvgIpc) is 2.51. The minimum absolute atomic E-state index is 0.0844. The molecule has 2 aromatic rings. The van der Waals surface area contributed by atoms with Crippen LogP contribution in [-0.4, -0.2) is 11.1 Å². The van der Waals surface area contributed by atoms with Gasteiger partial charge in [0.2, 0.25) is 0 Å². The number of carbonyl (C=O) groups is 1. The van der Waals surface area contributed by atoms with E-state index in [0.717, 1.165) is 0 Å². The molecule has 0 spiro atoms. The Hall–Kier alpha value is -2.42. The van der Waals surface area contributed by atoms with Gasteiger partial charge in [0.05, 0.1) is 22.3 Å². The van der Waals surface area contributed by atoms with Crippen molar-refractivity contribution in [1.29, 1.82) is 5.26 Å². The van der Waals surface area contributed by atoms with Gasteiger partial charge < -0.3 is 15.7 Å². The number of urea groups is 1. The van der Waals surface area contributed by atoms with Crippen molar-refractivity contribution < 1.29 is 9.90 Å². The van der Waals surface area contributed by atoms with Gasteiger partial charge in [-0.2, -0.15) is 5.26 Å². The van der Waals surface area contributed by atoms with Gasteiger partial charge >= 0.3 is 6.03 Å². The number of nitrogens with one attached hydrogen (secondary N) is 2. The summed E-state index contributed by atoms with van der Waals surface area (Å²) in [5.74, 6) is -0.251. The standard InChI is InChI=1S/C15H11Cl2N3O2/c1-8-11(16)6-12(14(21)13(8)17)20-15(22)19-10-4-2-9(7-18)3-5-10/h2-6,21H,1H3,(H2,19,20,22). The average molecular weight is 336 g/mol. The largest absolute Gasteiger partial charge is 0.504 e. The van der Waals surface area contributed by atoms with Gasteiger partial charge in [0.25, 0.3) is 0 Å². The van der Waals surface area contributed by atoms with E-state index in [2.05, 4.69) is 10.6 Å². The minimum atomic E-state index is -0.573. The predicted octanol–water partition coefficient (Wildman–Crippen LogP) is 4.52. The van der Waals surface area contributed by atoms with E-state index >= 15 is 0 Å². The molecule has 22 heavy (non-hydrogen) atoms. The summed E-state index contributed by atoms with van der Waals surface area (Å²) >= 11 is 11.9. The number of nitrogens with zero attached hydrogens (tertiary/aromatic N) is 1. The quantitative estimate of drug-likeness (QED) is 0.705. The molecule has 7 heteroatoms. The third-order valence-electron chi connectivity index (χ3n) is 2.94. The van der Waals surface area contributed by atoms with Crippen LogP contribution in [0.2, 0.25) is 10.0 Å². The summed E-state index contributed by atoms with van der Waals surface area (Å²) in [7, 11) is 0. The van der Waals surface area contributed by atoms with Crippen LogP contribution in [0.5, 0.6) is 5.75 Å². The number of aromatic hydroxyl groups is 1. The number of hydrogen-bond acceptors (Lipinski definition) is 3. The van der Waals surface area contributed by atoms with Gasteiger partial charge in [-0.15, -0.1) is 0 Å². The van der Waals surface area contributed by atoms with Crippen molar-refractivity contribution in [2.75, 3.05) is 10.6 Å². The molecule has 0 bridgehead atoms. The van der Waals surface area contributed by atoms with E-state index < -0.39 is 6.03 Å². The number of phenols is 1. The highest BCUT2D eigenvalue weighted by molar-refractivity contribution is 6.37. The maximum absolute atomic E-state index is 11.9. The van der Waals surface area contributed by atoms with E-state index in [1.807, 2.05) is 6.07 Å². The Morgan fingerprint density at radius 2 is 1.86 bits per heavy atom. The molecular formula is C15H11Cl2N3O2. The lowest BCUT2D eigenvalue weighted by molar-refractivity contribution is 0.262. The Labute approximate surface area is 137 Å². The fourth-order valence-electron chi connectivity index (χ4n) is 1.71. The first-order valence-electron chi connectivity index (χ1n) is 6.18. The van der Waals surface area contributed by atoms with Crippen LogP contribution >= 0.6 is 23.2 Å². The summed E-state index contributed by atoms with van der Waals surface area (Å²) in [4.78, 5) is 11.9. The van der Waals surface area contributed by atoms with Crippen LogP contribution in [0.4, 0.5) is 16.2 Å². The molecule has 0 fully saturated rings. The molecule has 3 N–H and O–H groups in total. The lowest BCUT2D eigenvalue weighted by Crippen LogP contribution is -2.19. The summed E-state index contributed by atoms with van der Waals surface area (Å²) in [5, 5.41) is 24.1. The van der Waals surface area contributed by atoms with Crippen LogP contribution in [-0.2, 0) is 0 Å². The highest BCUT2D eigenvalue weighted by Gasteiger charge is 2.14. The van der Waals surface area contributed by atoms with Gasteiger partial charge in [0.15, 0.2) is 5.75 Å². The molecule has 0 saturated heterocycles. The van der Waals surface area contributed by atoms with E-state index in [0.29, 0.717) is 21.8 Å². The molecule has 112 valence electrons. The normalized spacial score (nSPS) is 9.91. The number of halogens is 2. The molecule has 0 aliphatic carbocycles. The smallest absolute Gasteiger partial charge is 0.323 e. The van der Waals surface area contributed by atoms with Crippen LogP contribution in [0.3, 0.4) is 0 Å². The second-order valence-corrected chi connectivity index (χ2v) is 5.25. The Kier molecular flexibility index (Phi) is 4.76. The van der Waals surface area contributed by atoms with Crippen molar-refractivity contribution in [3.05, 3.63) is 51.5 Å². The summed E-state index contributed by atoms with van der Waals surface area (Å²) in [5.41, 5.74) is 1.62. The number of carbonyl (C=O) groups excluding carboxylic acids is 1. The van der Waals surface area contributed by atoms with Crippen molar-refractivity contribution in [1.82, 2.24) is 0 Å². The zero-order chi connectivity index (χ0) is 16.3. The fraction of sp³-hybridized carbons (Fsp3) is 0.0667.